The quantitative estimate of drug-likeness (QED) is 0.119. The van der Waals surface area contributed by atoms with Crippen molar-refractivity contribution in [3.63, 3.8) is 0 Å². The molecule has 0 bridgehead atoms. The summed E-state index contributed by atoms with van der Waals surface area (Å²) in [6.45, 7) is 35.2. The molecule has 0 aliphatic rings. The van der Waals surface area contributed by atoms with Crippen molar-refractivity contribution in [2.45, 2.75) is 141 Å². The number of halogens is 2. The van der Waals surface area contributed by atoms with E-state index in [0.717, 1.165) is 46.2 Å². The first-order valence-corrected chi connectivity index (χ1v) is 20.8. The monoisotopic (exact) mass is 789 g/mol. The molecule has 0 aromatic heterocycles. The van der Waals surface area contributed by atoms with E-state index in [9.17, 15) is 8.78 Å². The Morgan fingerprint density at radius 1 is 0.474 bits per heavy atom. The van der Waals surface area contributed by atoms with Gasteiger partial charge in [0.2, 0.25) is 0 Å². The molecule has 316 valence electrons. The van der Waals surface area contributed by atoms with E-state index in [1.807, 2.05) is 41.5 Å². The lowest BCUT2D eigenvalue weighted by Gasteiger charge is -2.34. The fourth-order valence-electron chi connectivity index (χ4n) is 8.23. The SMILES string of the molecule is CC.CC.COc1c(C)cc(C(C)(C)CC(C)(C)C)cc1-c1cc(F)ccc1OCCCOc1ccc(F)cc1-c1cc(C(C)(C)CC(C)(C)C)cc(C)c1OC. The second-order valence-electron chi connectivity index (χ2n) is 18.3. The second-order valence-corrected chi connectivity index (χ2v) is 18.3. The molecule has 0 saturated heterocycles. The normalized spacial score (nSPS) is 11.9. The fraction of sp³-hybridized carbons (Fsp3) is 0.529. The zero-order chi connectivity index (χ0) is 43.5. The third kappa shape index (κ3) is 13.5. The van der Waals surface area contributed by atoms with Gasteiger partial charge >= 0.3 is 0 Å². The van der Waals surface area contributed by atoms with Gasteiger partial charge in [-0.3, -0.25) is 0 Å². The molecular weight excluding hydrogens is 715 g/mol. The summed E-state index contributed by atoms with van der Waals surface area (Å²) in [6.07, 6.45) is 2.48. The highest BCUT2D eigenvalue weighted by molar-refractivity contribution is 5.79. The van der Waals surface area contributed by atoms with Crippen LogP contribution in [0.15, 0.2) is 60.7 Å². The molecule has 57 heavy (non-hydrogen) atoms. The van der Waals surface area contributed by atoms with Gasteiger partial charge in [-0.1, -0.05) is 109 Å². The first kappa shape index (κ1) is 49.1. The molecule has 4 aromatic carbocycles. The van der Waals surface area contributed by atoms with E-state index in [2.05, 4.69) is 93.5 Å². The molecule has 0 spiro atoms. The molecule has 0 aliphatic carbocycles. The lowest BCUT2D eigenvalue weighted by Crippen LogP contribution is -2.25. The molecule has 0 radical (unpaired) electrons. The molecule has 0 N–H and O–H groups in total. The van der Waals surface area contributed by atoms with E-state index in [4.69, 9.17) is 18.9 Å². The van der Waals surface area contributed by atoms with Crippen molar-refractivity contribution in [3.8, 4) is 45.3 Å². The Morgan fingerprint density at radius 3 is 1.11 bits per heavy atom. The molecule has 0 amide bonds. The van der Waals surface area contributed by atoms with Gasteiger partial charge in [0, 0.05) is 28.7 Å². The zero-order valence-corrected chi connectivity index (χ0v) is 38.7. The van der Waals surface area contributed by atoms with Crippen LogP contribution in [0.1, 0.15) is 138 Å². The Kier molecular flexibility index (Phi) is 17.7. The van der Waals surface area contributed by atoms with Crippen LogP contribution < -0.4 is 18.9 Å². The maximum Gasteiger partial charge on any atom is 0.129 e. The largest absolute Gasteiger partial charge is 0.496 e. The average molecular weight is 789 g/mol. The van der Waals surface area contributed by atoms with Gasteiger partial charge in [-0.05, 0) is 119 Å². The van der Waals surface area contributed by atoms with Crippen LogP contribution in [0.4, 0.5) is 8.78 Å². The summed E-state index contributed by atoms with van der Waals surface area (Å²) in [5, 5.41) is 0. The molecule has 0 unspecified atom stereocenters. The zero-order valence-electron chi connectivity index (χ0n) is 38.7. The highest BCUT2D eigenvalue weighted by atomic mass is 19.1. The van der Waals surface area contributed by atoms with Gasteiger partial charge in [-0.25, -0.2) is 8.78 Å². The van der Waals surface area contributed by atoms with Crippen LogP contribution in [0.5, 0.6) is 23.0 Å². The minimum Gasteiger partial charge on any atom is -0.496 e. The van der Waals surface area contributed by atoms with Crippen molar-refractivity contribution in [1.82, 2.24) is 0 Å². The van der Waals surface area contributed by atoms with Crippen LogP contribution in [-0.4, -0.2) is 27.4 Å². The molecular formula is C51H74F2O4. The van der Waals surface area contributed by atoms with Gasteiger partial charge in [0.25, 0.3) is 0 Å². The molecule has 6 heteroatoms. The fourth-order valence-corrected chi connectivity index (χ4v) is 8.23. The molecule has 0 heterocycles. The van der Waals surface area contributed by atoms with Gasteiger partial charge in [0.15, 0.2) is 0 Å². The van der Waals surface area contributed by atoms with Crippen molar-refractivity contribution < 1.29 is 27.7 Å². The Hall–Kier alpha value is -4.06. The third-order valence-corrected chi connectivity index (χ3v) is 9.73. The summed E-state index contributed by atoms with van der Waals surface area (Å²) in [4.78, 5) is 0. The number of ether oxygens (including phenoxy) is 4. The van der Waals surface area contributed by atoms with E-state index >= 15 is 0 Å². The maximum atomic E-state index is 14.9. The van der Waals surface area contributed by atoms with Gasteiger partial charge in [0.1, 0.15) is 34.6 Å². The van der Waals surface area contributed by atoms with Crippen molar-refractivity contribution in [2.75, 3.05) is 27.4 Å². The maximum absolute atomic E-state index is 14.9. The lowest BCUT2D eigenvalue weighted by molar-refractivity contribution is 0.248. The summed E-state index contributed by atoms with van der Waals surface area (Å²) in [6, 6.07) is 17.8. The third-order valence-electron chi connectivity index (χ3n) is 9.73. The minimum atomic E-state index is -0.352. The van der Waals surface area contributed by atoms with Crippen LogP contribution in [0.2, 0.25) is 0 Å². The molecule has 4 rings (SSSR count). The second kappa shape index (κ2) is 20.6. The highest BCUT2D eigenvalue weighted by Crippen LogP contribution is 2.46. The summed E-state index contributed by atoms with van der Waals surface area (Å²) in [5.74, 6) is 1.81. The smallest absolute Gasteiger partial charge is 0.129 e. The Bertz CT molecular complexity index is 1760. The number of aryl methyl sites for hydroxylation is 2. The highest BCUT2D eigenvalue weighted by Gasteiger charge is 2.31. The molecule has 4 aromatic rings. The molecule has 0 saturated carbocycles. The summed E-state index contributed by atoms with van der Waals surface area (Å²) in [5.41, 5.74) is 7.15. The van der Waals surface area contributed by atoms with E-state index in [1.54, 1.807) is 26.4 Å². The standard InChI is InChI=1S/C47H62F2O4.2C2H6/c1-30-22-32(46(9,10)28-44(3,4)5)24-38(42(30)50-13)36-26-34(48)16-18-40(36)52-20-15-21-53-41-19-17-35(49)27-37(41)39-25-33(23-31(2)43(39)51-14)47(11,12)29-45(6,7)8;2*1-2/h16-19,22-27H,15,20-21,28-29H2,1-14H3;2*1-2H3. The van der Waals surface area contributed by atoms with Crippen molar-refractivity contribution in [1.29, 1.82) is 0 Å². The average Bonchev–Trinajstić information content (AvgIpc) is 3.11. The van der Waals surface area contributed by atoms with Crippen LogP contribution in [-0.2, 0) is 10.8 Å². The van der Waals surface area contributed by atoms with E-state index in [-0.39, 0.29) is 33.3 Å². The van der Waals surface area contributed by atoms with Crippen molar-refractivity contribution in [2.24, 2.45) is 10.8 Å². The number of hydrogen-bond acceptors (Lipinski definition) is 4. The van der Waals surface area contributed by atoms with Gasteiger partial charge in [-0.2, -0.15) is 0 Å². The molecule has 4 nitrogen and oxygen atoms in total. The molecule has 0 fully saturated rings. The van der Waals surface area contributed by atoms with Gasteiger partial charge in [-0.15, -0.1) is 0 Å². The first-order valence-electron chi connectivity index (χ1n) is 20.8. The van der Waals surface area contributed by atoms with Crippen LogP contribution >= 0.6 is 0 Å². The van der Waals surface area contributed by atoms with Gasteiger partial charge in [0.05, 0.1) is 27.4 Å². The van der Waals surface area contributed by atoms with Crippen molar-refractivity contribution in [3.05, 3.63) is 94.6 Å². The number of benzene rings is 4. The van der Waals surface area contributed by atoms with Crippen LogP contribution in [0, 0.1) is 36.3 Å². The number of hydrogen-bond donors (Lipinski definition) is 0. The molecule has 0 aliphatic heterocycles. The molecule has 0 atom stereocenters. The van der Waals surface area contributed by atoms with Gasteiger partial charge < -0.3 is 18.9 Å². The number of methoxy groups -OCH3 is 2. The summed E-state index contributed by atoms with van der Waals surface area (Å²) >= 11 is 0. The van der Waals surface area contributed by atoms with Crippen molar-refractivity contribution >= 4 is 0 Å². The first-order chi connectivity index (χ1) is 26.5. The number of rotatable bonds is 14. The lowest BCUT2D eigenvalue weighted by atomic mass is 9.71. The topological polar surface area (TPSA) is 36.9 Å². The van der Waals surface area contributed by atoms with Crippen LogP contribution in [0.3, 0.4) is 0 Å². The van der Waals surface area contributed by atoms with E-state index in [0.29, 0.717) is 53.8 Å². The predicted molar refractivity (Wildman–Crippen MR) is 239 cm³/mol. The Balaban J connectivity index is 0.00000271. The minimum absolute atomic E-state index is 0.123. The Morgan fingerprint density at radius 2 is 0.807 bits per heavy atom. The summed E-state index contributed by atoms with van der Waals surface area (Å²) in [7, 11) is 3.29. The summed E-state index contributed by atoms with van der Waals surface area (Å²) < 4.78 is 54.1. The Labute approximate surface area is 345 Å². The van der Waals surface area contributed by atoms with E-state index < -0.39 is 0 Å². The van der Waals surface area contributed by atoms with E-state index in [1.165, 1.54) is 24.3 Å². The van der Waals surface area contributed by atoms with Crippen LogP contribution in [0.25, 0.3) is 22.3 Å². The predicted octanol–water partition coefficient (Wildman–Crippen LogP) is 15.3.